The van der Waals surface area contributed by atoms with Crippen molar-refractivity contribution in [2.24, 2.45) is 0 Å². The minimum Gasteiger partial charge on any atom is -0.466 e. The zero-order chi connectivity index (χ0) is 60.2. The molecule has 1 heterocycles. The first-order valence-corrected chi connectivity index (χ1v) is 34.4. The molecule has 1 amide bonds. The molecule has 0 radical (unpaired) electrons. The molecule has 1 aliphatic rings. The first-order chi connectivity index (χ1) is 40.7. The SMILES string of the molecule is CCCC/C=C\C/C=C\CCCCCCCC(=O)OCCCCCCCCCCC/C=C\C/C=C\CCCCCCCCCCCCCC(=O)NC(COC1OC(CO)C(O)C(O)C1O)C(O)/C=C/CC/C=C/CC/C=C/CCCCCC. The number of unbranched alkanes of at least 4 members (excludes halogenated alkanes) is 33. The molecule has 7 atom stereocenters. The largest absolute Gasteiger partial charge is 0.466 e. The van der Waals surface area contributed by atoms with Crippen LogP contribution in [-0.2, 0) is 23.8 Å². The van der Waals surface area contributed by atoms with Gasteiger partial charge in [-0.1, -0.05) is 253 Å². The lowest BCUT2D eigenvalue weighted by atomic mass is 9.99. The molecule has 6 N–H and O–H groups in total. The van der Waals surface area contributed by atoms with Gasteiger partial charge in [-0.25, -0.2) is 0 Å². The van der Waals surface area contributed by atoms with Gasteiger partial charge in [-0.15, -0.1) is 0 Å². The average molecular weight is 1170 g/mol. The Kier molecular flexibility index (Phi) is 56.8. The third-order valence-electron chi connectivity index (χ3n) is 15.7. The van der Waals surface area contributed by atoms with Crippen molar-refractivity contribution in [1.82, 2.24) is 5.32 Å². The smallest absolute Gasteiger partial charge is 0.305 e. The van der Waals surface area contributed by atoms with Gasteiger partial charge in [-0.2, -0.15) is 0 Å². The summed E-state index contributed by atoms with van der Waals surface area (Å²) in [4.78, 5) is 25.1. The number of nitrogens with one attached hydrogen (secondary N) is 1. The van der Waals surface area contributed by atoms with Crippen LogP contribution >= 0.6 is 0 Å². The molecule has 0 spiro atoms. The minimum absolute atomic E-state index is 0.0150. The van der Waals surface area contributed by atoms with Gasteiger partial charge in [0.1, 0.15) is 24.4 Å². The van der Waals surface area contributed by atoms with E-state index >= 15 is 0 Å². The first kappa shape index (κ1) is 77.9. The molecule has 0 aromatic rings. The lowest BCUT2D eigenvalue weighted by Crippen LogP contribution is -2.60. The van der Waals surface area contributed by atoms with E-state index in [4.69, 9.17) is 14.2 Å². The summed E-state index contributed by atoms with van der Waals surface area (Å²) in [5.41, 5.74) is 0. The third kappa shape index (κ3) is 49.6. The van der Waals surface area contributed by atoms with Crippen molar-refractivity contribution in [3.05, 3.63) is 85.1 Å². The summed E-state index contributed by atoms with van der Waals surface area (Å²) in [7, 11) is 0. The topological polar surface area (TPSA) is 175 Å². The molecule has 1 fully saturated rings. The van der Waals surface area contributed by atoms with Gasteiger partial charge in [-0.3, -0.25) is 9.59 Å². The maximum atomic E-state index is 13.1. The first-order valence-electron chi connectivity index (χ1n) is 34.4. The van der Waals surface area contributed by atoms with Crippen LogP contribution in [-0.4, -0.2) is 100 Å². The Balaban J connectivity index is 2.03. The Morgan fingerprint density at radius 2 is 0.831 bits per heavy atom. The van der Waals surface area contributed by atoms with Crippen LogP contribution in [0.4, 0.5) is 0 Å². The van der Waals surface area contributed by atoms with Crippen LogP contribution in [0.15, 0.2) is 85.1 Å². The van der Waals surface area contributed by atoms with Crippen LogP contribution in [0.5, 0.6) is 0 Å². The fourth-order valence-corrected chi connectivity index (χ4v) is 10.2. The molecule has 1 saturated heterocycles. The summed E-state index contributed by atoms with van der Waals surface area (Å²) < 4.78 is 16.7. The molecule has 0 aliphatic carbocycles. The van der Waals surface area contributed by atoms with E-state index < -0.39 is 49.5 Å². The highest BCUT2D eigenvalue weighted by Crippen LogP contribution is 2.23. The van der Waals surface area contributed by atoms with E-state index in [0.717, 1.165) is 103 Å². The summed E-state index contributed by atoms with van der Waals surface area (Å²) in [5.74, 6) is -0.216. The van der Waals surface area contributed by atoms with Crippen LogP contribution in [0.1, 0.15) is 296 Å². The number of hydrogen-bond donors (Lipinski definition) is 6. The van der Waals surface area contributed by atoms with Crippen molar-refractivity contribution >= 4 is 11.9 Å². The normalized spacial score (nSPS) is 18.7. The summed E-state index contributed by atoms with van der Waals surface area (Å²) >= 11 is 0. The van der Waals surface area contributed by atoms with E-state index in [1.807, 2.05) is 6.08 Å². The zero-order valence-corrected chi connectivity index (χ0v) is 53.1. The van der Waals surface area contributed by atoms with Gasteiger partial charge < -0.3 is 45.1 Å². The Bertz CT molecular complexity index is 1650. The molecular weight excluding hydrogens is 1040 g/mol. The van der Waals surface area contributed by atoms with Gasteiger partial charge in [0.05, 0.1) is 32.0 Å². The van der Waals surface area contributed by atoms with Crippen molar-refractivity contribution < 1.29 is 49.3 Å². The van der Waals surface area contributed by atoms with E-state index in [2.05, 4.69) is 92.1 Å². The van der Waals surface area contributed by atoms with E-state index in [0.29, 0.717) is 19.4 Å². The molecule has 0 aromatic heterocycles. The van der Waals surface area contributed by atoms with Crippen LogP contribution in [0.3, 0.4) is 0 Å². The molecule has 480 valence electrons. The number of allylic oxidation sites excluding steroid dienone is 13. The van der Waals surface area contributed by atoms with Gasteiger partial charge in [0.25, 0.3) is 0 Å². The van der Waals surface area contributed by atoms with Crippen LogP contribution < -0.4 is 5.32 Å². The van der Waals surface area contributed by atoms with Gasteiger partial charge in [0, 0.05) is 12.8 Å². The van der Waals surface area contributed by atoms with Crippen LogP contribution in [0, 0.1) is 0 Å². The van der Waals surface area contributed by atoms with E-state index in [9.17, 15) is 35.1 Å². The number of ether oxygens (including phenoxy) is 3. The third-order valence-corrected chi connectivity index (χ3v) is 15.7. The molecule has 83 heavy (non-hydrogen) atoms. The second kappa shape index (κ2) is 60.5. The van der Waals surface area contributed by atoms with E-state index in [1.54, 1.807) is 6.08 Å². The van der Waals surface area contributed by atoms with Crippen molar-refractivity contribution in [3.63, 3.8) is 0 Å². The van der Waals surface area contributed by atoms with Gasteiger partial charge >= 0.3 is 5.97 Å². The second-order valence-electron chi connectivity index (χ2n) is 23.5. The highest BCUT2D eigenvalue weighted by molar-refractivity contribution is 5.76. The number of aliphatic hydroxyl groups is 5. The maximum absolute atomic E-state index is 13.1. The highest BCUT2D eigenvalue weighted by Gasteiger charge is 2.44. The van der Waals surface area contributed by atoms with Crippen molar-refractivity contribution in [2.45, 2.75) is 339 Å². The molecule has 1 aliphatic heterocycles. The molecule has 11 heteroatoms. The molecule has 7 unspecified atom stereocenters. The van der Waals surface area contributed by atoms with Gasteiger partial charge in [0.15, 0.2) is 6.29 Å². The summed E-state index contributed by atoms with van der Waals surface area (Å²) in [6, 6.07) is -0.840. The number of rotatable bonds is 59. The van der Waals surface area contributed by atoms with E-state index in [1.165, 1.54) is 167 Å². The van der Waals surface area contributed by atoms with E-state index in [-0.39, 0.29) is 18.5 Å². The monoisotopic (exact) mass is 1170 g/mol. The van der Waals surface area contributed by atoms with Gasteiger partial charge in [-0.05, 0) is 116 Å². The molecule has 0 saturated carbocycles. The lowest BCUT2D eigenvalue weighted by molar-refractivity contribution is -0.302. The lowest BCUT2D eigenvalue weighted by Gasteiger charge is -2.40. The standard InChI is InChI=1S/C72H127NO10/c1-3-5-7-9-11-13-15-17-34-38-42-46-50-54-58-65(75)64(63-82-72-71(80)70(79)69(78)66(62-74)83-72)73-67(76)59-55-51-47-43-39-35-32-30-28-26-24-22-20-19-21-23-25-27-29-31-33-37-41-45-49-53-57-61-81-68(77)60-56-52-48-44-40-36-18-16-14-12-10-8-6-4-2/h10,12-13,15-16,18-20,23,25,38,42,54,58,64-66,69-72,74-75,78-80H,3-9,11,14,17,21-22,24,26-37,39-41,43-53,55-57,59-63H2,1-2H3,(H,73,76)/b12-10-,15-13+,18-16-,20-19-,25-23-,42-38+,58-54+. The fraction of sp³-hybridized carbons (Fsp3) is 0.778. The molecule has 0 bridgehead atoms. The second-order valence-corrected chi connectivity index (χ2v) is 23.5. The Hall–Kier alpha value is -3.16. The quantitative estimate of drug-likeness (QED) is 0.0195. The number of carbonyl (C=O) groups is 2. The summed E-state index contributed by atoms with van der Waals surface area (Å²) in [6.07, 6.45) is 72.7. The van der Waals surface area contributed by atoms with Crippen LogP contribution in [0.25, 0.3) is 0 Å². The minimum atomic E-state index is -1.58. The Morgan fingerprint density at radius 1 is 0.446 bits per heavy atom. The number of amides is 1. The van der Waals surface area contributed by atoms with Crippen molar-refractivity contribution in [3.8, 4) is 0 Å². The Morgan fingerprint density at radius 3 is 1.30 bits per heavy atom. The molecule has 1 rings (SSSR count). The number of esters is 1. The number of hydrogen-bond acceptors (Lipinski definition) is 10. The number of carbonyl (C=O) groups excluding carboxylic acids is 2. The maximum Gasteiger partial charge on any atom is 0.305 e. The zero-order valence-electron chi connectivity index (χ0n) is 53.1. The van der Waals surface area contributed by atoms with Crippen molar-refractivity contribution in [2.75, 3.05) is 19.8 Å². The highest BCUT2D eigenvalue weighted by atomic mass is 16.7. The summed E-state index contributed by atoms with van der Waals surface area (Å²) in [5, 5.41) is 54.5. The predicted molar refractivity (Wildman–Crippen MR) is 347 cm³/mol. The number of aliphatic hydroxyl groups excluding tert-OH is 5. The fourth-order valence-electron chi connectivity index (χ4n) is 10.2. The van der Waals surface area contributed by atoms with Crippen LogP contribution in [0.2, 0.25) is 0 Å². The molecular formula is C72H127NO10. The Labute approximate surface area is 508 Å². The molecule has 11 nitrogen and oxygen atoms in total. The molecule has 0 aromatic carbocycles. The summed E-state index contributed by atoms with van der Waals surface area (Å²) in [6.45, 7) is 4.26. The van der Waals surface area contributed by atoms with Gasteiger partial charge in [0.2, 0.25) is 5.91 Å². The van der Waals surface area contributed by atoms with Crippen molar-refractivity contribution in [1.29, 1.82) is 0 Å². The predicted octanol–water partition coefficient (Wildman–Crippen LogP) is 17.3. The average Bonchev–Trinajstić information content (AvgIpc) is 3.69.